The quantitative estimate of drug-likeness (QED) is 0.902. The number of nitrogens with one attached hydrogen (secondary N) is 1. The van der Waals surface area contributed by atoms with Crippen molar-refractivity contribution in [3.63, 3.8) is 0 Å². The lowest BCUT2D eigenvalue weighted by Crippen LogP contribution is -2.19. The largest absolute Gasteiger partial charge is 0.478 e. The standard InChI is InChI=1S/C14H13FN2O3/c1-8-3-4-11(10(15)5-8)16-12-6-13(18)17(2)7-9(12)14(19)20/h3-7,16H,1-2H3,(H,19,20). The smallest absolute Gasteiger partial charge is 0.339 e. The fourth-order valence-electron chi connectivity index (χ4n) is 1.77. The molecule has 0 atom stereocenters. The van der Waals surface area contributed by atoms with E-state index < -0.39 is 11.8 Å². The molecule has 2 N–H and O–H groups in total. The normalized spacial score (nSPS) is 10.3. The molecule has 0 fully saturated rings. The molecule has 0 saturated heterocycles. The number of rotatable bonds is 3. The molecular weight excluding hydrogens is 263 g/mol. The topological polar surface area (TPSA) is 71.3 Å². The monoisotopic (exact) mass is 276 g/mol. The molecule has 104 valence electrons. The highest BCUT2D eigenvalue weighted by molar-refractivity contribution is 5.94. The van der Waals surface area contributed by atoms with Crippen molar-refractivity contribution in [3.05, 3.63) is 57.8 Å². The molecule has 0 amide bonds. The van der Waals surface area contributed by atoms with Gasteiger partial charge in [0.15, 0.2) is 0 Å². The van der Waals surface area contributed by atoms with Crippen LogP contribution in [-0.2, 0) is 7.05 Å². The number of aromatic nitrogens is 1. The molecule has 0 saturated carbocycles. The van der Waals surface area contributed by atoms with Gasteiger partial charge in [0.2, 0.25) is 0 Å². The summed E-state index contributed by atoms with van der Waals surface area (Å²) in [6.45, 7) is 1.74. The third kappa shape index (κ3) is 2.69. The fraction of sp³-hybridized carbons (Fsp3) is 0.143. The predicted molar refractivity (Wildman–Crippen MR) is 73.1 cm³/mol. The molecular formula is C14H13FN2O3. The van der Waals surface area contributed by atoms with Gasteiger partial charge in [-0.25, -0.2) is 9.18 Å². The Kier molecular flexibility index (Phi) is 3.56. The molecule has 0 aliphatic carbocycles. The van der Waals surface area contributed by atoms with E-state index in [1.54, 1.807) is 13.0 Å². The molecule has 2 aromatic rings. The molecule has 6 heteroatoms. The van der Waals surface area contributed by atoms with Crippen LogP contribution in [0, 0.1) is 12.7 Å². The van der Waals surface area contributed by atoms with Crippen LogP contribution in [0.4, 0.5) is 15.8 Å². The highest BCUT2D eigenvalue weighted by Crippen LogP contribution is 2.22. The van der Waals surface area contributed by atoms with Gasteiger partial charge in [-0.1, -0.05) is 6.07 Å². The first-order valence-corrected chi connectivity index (χ1v) is 5.85. The average Bonchev–Trinajstić information content (AvgIpc) is 2.36. The Labute approximate surface area is 114 Å². The highest BCUT2D eigenvalue weighted by Gasteiger charge is 2.13. The van der Waals surface area contributed by atoms with Crippen LogP contribution in [0.5, 0.6) is 0 Å². The number of pyridine rings is 1. The maximum Gasteiger partial charge on any atom is 0.339 e. The van der Waals surface area contributed by atoms with Crippen LogP contribution in [0.25, 0.3) is 0 Å². The van der Waals surface area contributed by atoms with Gasteiger partial charge in [0, 0.05) is 19.3 Å². The lowest BCUT2D eigenvalue weighted by atomic mass is 10.2. The Morgan fingerprint density at radius 2 is 2.00 bits per heavy atom. The average molecular weight is 276 g/mol. The van der Waals surface area contributed by atoms with E-state index in [4.69, 9.17) is 5.11 Å². The Morgan fingerprint density at radius 1 is 1.30 bits per heavy atom. The molecule has 2 rings (SSSR count). The minimum Gasteiger partial charge on any atom is -0.478 e. The van der Waals surface area contributed by atoms with Crippen molar-refractivity contribution in [1.29, 1.82) is 0 Å². The van der Waals surface area contributed by atoms with Crippen molar-refractivity contribution in [2.24, 2.45) is 7.05 Å². The zero-order valence-corrected chi connectivity index (χ0v) is 11.0. The minimum absolute atomic E-state index is 0.0587. The third-order valence-corrected chi connectivity index (χ3v) is 2.85. The number of carboxylic acid groups (broad SMARTS) is 1. The molecule has 20 heavy (non-hydrogen) atoms. The van der Waals surface area contributed by atoms with Crippen LogP contribution in [0.3, 0.4) is 0 Å². The number of anilines is 2. The van der Waals surface area contributed by atoms with Crippen molar-refractivity contribution >= 4 is 17.3 Å². The number of benzene rings is 1. The van der Waals surface area contributed by atoms with E-state index >= 15 is 0 Å². The molecule has 0 spiro atoms. The summed E-state index contributed by atoms with van der Waals surface area (Å²) in [5.74, 6) is -1.71. The number of hydrogen-bond acceptors (Lipinski definition) is 3. The predicted octanol–water partition coefficient (Wildman–Crippen LogP) is 2.27. The Hall–Kier alpha value is -2.63. The second-order valence-corrected chi connectivity index (χ2v) is 4.46. The van der Waals surface area contributed by atoms with E-state index in [0.717, 1.165) is 16.2 Å². The lowest BCUT2D eigenvalue weighted by Gasteiger charge is -2.11. The van der Waals surface area contributed by atoms with Gasteiger partial charge in [-0.05, 0) is 24.6 Å². The van der Waals surface area contributed by atoms with Crippen LogP contribution in [0.1, 0.15) is 15.9 Å². The number of carbonyl (C=O) groups is 1. The number of nitrogens with zero attached hydrogens (tertiary/aromatic N) is 1. The van der Waals surface area contributed by atoms with E-state index in [2.05, 4.69) is 5.32 Å². The van der Waals surface area contributed by atoms with Gasteiger partial charge < -0.3 is 15.0 Å². The van der Waals surface area contributed by atoms with Crippen molar-refractivity contribution < 1.29 is 14.3 Å². The van der Waals surface area contributed by atoms with Gasteiger partial charge in [0.25, 0.3) is 5.56 Å². The van der Waals surface area contributed by atoms with E-state index in [1.165, 1.54) is 25.4 Å². The summed E-state index contributed by atoms with van der Waals surface area (Å²) in [7, 11) is 1.45. The summed E-state index contributed by atoms with van der Waals surface area (Å²) >= 11 is 0. The summed E-state index contributed by atoms with van der Waals surface area (Å²) in [6, 6.07) is 5.63. The van der Waals surface area contributed by atoms with Gasteiger partial charge in [-0.3, -0.25) is 4.79 Å². The second kappa shape index (κ2) is 5.16. The van der Waals surface area contributed by atoms with Crippen molar-refractivity contribution in [2.45, 2.75) is 6.92 Å². The minimum atomic E-state index is -1.20. The van der Waals surface area contributed by atoms with E-state index in [-0.39, 0.29) is 22.5 Å². The Balaban J connectivity index is 2.50. The number of aryl methyl sites for hydroxylation is 2. The second-order valence-electron chi connectivity index (χ2n) is 4.46. The molecule has 5 nitrogen and oxygen atoms in total. The van der Waals surface area contributed by atoms with Crippen molar-refractivity contribution in [3.8, 4) is 0 Å². The first-order chi connectivity index (χ1) is 9.38. The first kappa shape index (κ1) is 13.8. The first-order valence-electron chi connectivity index (χ1n) is 5.85. The molecule has 0 unspecified atom stereocenters. The number of aromatic carboxylic acids is 1. The van der Waals surface area contributed by atoms with Crippen LogP contribution >= 0.6 is 0 Å². The molecule has 1 aromatic heterocycles. The van der Waals surface area contributed by atoms with Crippen LogP contribution < -0.4 is 10.9 Å². The SMILES string of the molecule is Cc1ccc(Nc2cc(=O)n(C)cc2C(=O)O)c(F)c1. The van der Waals surface area contributed by atoms with E-state index in [9.17, 15) is 14.0 Å². The van der Waals surface area contributed by atoms with Gasteiger partial charge in [-0.2, -0.15) is 0 Å². The summed E-state index contributed by atoms with van der Waals surface area (Å²) in [5, 5.41) is 11.8. The zero-order chi connectivity index (χ0) is 14.9. The van der Waals surface area contributed by atoms with Crippen LogP contribution in [0.2, 0.25) is 0 Å². The molecule has 1 aromatic carbocycles. The van der Waals surface area contributed by atoms with Crippen molar-refractivity contribution in [1.82, 2.24) is 4.57 Å². The summed E-state index contributed by atoms with van der Waals surface area (Å²) in [6.07, 6.45) is 1.19. The molecule has 1 heterocycles. The Bertz CT molecular complexity index is 738. The number of hydrogen-bond donors (Lipinski definition) is 2. The molecule has 0 radical (unpaired) electrons. The number of halogens is 1. The zero-order valence-electron chi connectivity index (χ0n) is 11.0. The fourth-order valence-corrected chi connectivity index (χ4v) is 1.77. The van der Waals surface area contributed by atoms with Gasteiger partial charge >= 0.3 is 5.97 Å². The van der Waals surface area contributed by atoms with Gasteiger partial charge in [0.1, 0.15) is 5.82 Å². The maximum atomic E-state index is 13.8. The van der Waals surface area contributed by atoms with E-state index in [0.29, 0.717) is 0 Å². The third-order valence-electron chi connectivity index (χ3n) is 2.85. The lowest BCUT2D eigenvalue weighted by molar-refractivity contribution is 0.0697. The Morgan fingerprint density at radius 3 is 2.60 bits per heavy atom. The number of carboxylic acids is 1. The maximum absolute atomic E-state index is 13.8. The summed E-state index contributed by atoms with van der Waals surface area (Å²) in [5.41, 5.74) is 0.433. The molecule has 0 aliphatic heterocycles. The summed E-state index contributed by atoms with van der Waals surface area (Å²) in [4.78, 5) is 22.7. The van der Waals surface area contributed by atoms with Gasteiger partial charge in [-0.15, -0.1) is 0 Å². The molecule has 0 aliphatic rings. The highest BCUT2D eigenvalue weighted by atomic mass is 19.1. The van der Waals surface area contributed by atoms with E-state index in [1.807, 2.05) is 0 Å². The summed E-state index contributed by atoms with van der Waals surface area (Å²) < 4.78 is 14.9. The van der Waals surface area contributed by atoms with Crippen molar-refractivity contribution in [2.75, 3.05) is 5.32 Å². The van der Waals surface area contributed by atoms with Gasteiger partial charge in [0.05, 0.1) is 16.9 Å². The van der Waals surface area contributed by atoms with Crippen LogP contribution in [-0.4, -0.2) is 15.6 Å². The van der Waals surface area contributed by atoms with Crippen LogP contribution in [0.15, 0.2) is 35.3 Å². The molecule has 0 bridgehead atoms.